The summed E-state index contributed by atoms with van der Waals surface area (Å²) in [5.74, 6) is -2.96. The molecule has 0 fully saturated rings. The molecule has 19 heavy (non-hydrogen) atoms. The second-order valence-corrected chi connectivity index (χ2v) is 5.34. The molecule has 0 spiro atoms. The van der Waals surface area contributed by atoms with Crippen molar-refractivity contribution in [3.63, 3.8) is 0 Å². The van der Waals surface area contributed by atoms with Crippen LogP contribution in [0, 0.1) is 17.5 Å². The fourth-order valence-corrected chi connectivity index (χ4v) is 2.66. The first-order valence-electron chi connectivity index (χ1n) is 5.35. The van der Waals surface area contributed by atoms with Crippen molar-refractivity contribution in [1.29, 1.82) is 0 Å². The lowest BCUT2D eigenvalue weighted by molar-refractivity contribution is 0.502. The lowest BCUT2D eigenvalue weighted by atomic mass is 10.2. The first-order chi connectivity index (χ1) is 8.99. The summed E-state index contributed by atoms with van der Waals surface area (Å²) in [7, 11) is -1.67. The molecule has 0 aliphatic carbocycles. The topological polar surface area (TPSA) is 43.1 Å². The first-order valence-corrected chi connectivity index (χ1v) is 6.67. The van der Waals surface area contributed by atoms with Gasteiger partial charge in [0.2, 0.25) is 0 Å². The molecule has 2 nitrogen and oxygen atoms in total. The third-order valence-electron chi connectivity index (χ3n) is 2.55. The Morgan fingerprint density at radius 3 is 2.47 bits per heavy atom. The molecule has 0 radical (unpaired) electrons. The quantitative estimate of drug-likeness (QED) is 0.881. The van der Waals surface area contributed by atoms with Crippen LogP contribution in [-0.4, -0.2) is 4.21 Å². The minimum Gasteiger partial charge on any atom is -0.396 e. The highest BCUT2D eigenvalue weighted by Gasteiger charge is 2.13. The first kappa shape index (κ1) is 13.6. The fraction of sp³-hybridized carbons (Fsp3) is 0.0769. The molecule has 2 rings (SSSR count). The average molecular weight is 285 g/mol. The van der Waals surface area contributed by atoms with Gasteiger partial charge in [-0.2, -0.15) is 0 Å². The number of hydrogen-bond donors (Lipinski definition) is 1. The van der Waals surface area contributed by atoms with Crippen molar-refractivity contribution in [1.82, 2.24) is 0 Å². The van der Waals surface area contributed by atoms with Gasteiger partial charge in [0.1, 0.15) is 5.82 Å². The molecule has 2 aromatic rings. The monoisotopic (exact) mass is 285 g/mol. The van der Waals surface area contributed by atoms with Crippen molar-refractivity contribution in [2.75, 3.05) is 5.73 Å². The van der Waals surface area contributed by atoms with Gasteiger partial charge in [0.25, 0.3) is 0 Å². The van der Waals surface area contributed by atoms with Gasteiger partial charge in [0.15, 0.2) is 11.6 Å². The highest BCUT2D eigenvalue weighted by Crippen LogP contribution is 2.19. The zero-order valence-electron chi connectivity index (χ0n) is 9.70. The van der Waals surface area contributed by atoms with Crippen LogP contribution in [0.15, 0.2) is 41.3 Å². The van der Waals surface area contributed by atoms with Gasteiger partial charge in [-0.15, -0.1) is 0 Å². The smallest absolute Gasteiger partial charge is 0.162 e. The normalized spacial score (nSPS) is 12.4. The standard InChI is InChI=1S/C13H10F3NOS/c14-10-3-1-2-8(13(10)16)7-19(18)9-4-5-12(17)11(15)6-9/h1-6H,7,17H2. The zero-order valence-corrected chi connectivity index (χ0v) is 10.5. The molecule has 0 aliphatic rings. The Hall–Kier alpha value is -1.82. The minimum atomic E-state index is -1.67. The van der Waals surface area contributed by atoms with E-state index in [1.165, 1.54) is 24.3 Å². The lowest BCUT2D eigenvalue weighted by Crippen LogP contribution is -2.02. The van der Waals surface area contributed by atoms with Gasteiger partial charge in [-0.05, 0) is 24.3 Å². The molecule has 2 N–H and O–H groups in total. The van der Waals surface area contributed by atoms with Gasteiger partial charge in [0.05, 0.1) is 22.2 Å². The van der Waals surface area contributed by atoms with Crippen LogP contribution < -0.4 is 5.73 Å². The number of nitrogens with two attached hydrogens (primary N) is 1. The molecular formula is C13H10F3NOS. The Kier molecular flexibility index (Phi) is 3.90. The van der Waals surface area contributed by atoms with Crippen LogP contribution >= 0.6 is 0 Å². The Morgan fingerprint density at radius 2 is 1.79 bits per heavy atom. The van der Waals surface area contributed by atoms with Crippen molar-refractivity contribution < 1.29 is 17.4 Å². The summed E-state index contributed by atoms with van der Waals surface area (Å²) in [6.45, 7) is 0. The molecule has 0 saturated heterocycles. The van der Waals surface area contributed by atoms with E-state index >= 15 is 0 Å². The van der Waals surface area contributed by atoms with Crippen molar-refractivity contribution >= 4 is 16.5 Å². The molecule has 0 saturated carbocycles. The molecule has 1 atom stereocenters. The van der Waals surface area contributed by atoms with Crippen molar-refractivity contribution in [3.8, 4) is 0 Å². The summed E-state index contributed by atoms with van der Waals surface area (Å²) in [4.78, 5) is 0.176. The molecule has 0 amide bonds. The van der Waals surface area contributed by atoms with Crippen LogP contribution in [0.3, 0.4) is 0 Å². The van der Waals surface area contributed by atoms with Gasteiger partial charge in [-0.1, -0.05) is 12.1 Å². The predicted molar refractivity (Wildman–Crippen MR) is 67.3 cm³/mol. The lowest BCUT2D eigenvalue weighted by Gasteiger charge is -2.05. The van der Waals surface area contributed by atoms with Gasteiger partial charge >= 0.3 is 0 Å². The molecule has 0 aliphatic heterocycles. The van der Waals surface area contributed by atoms with Crippen LogP contribution in [0.5, 0.6) is 0 Å². The third kappa shape index (κ3) is 2.96. The van der Waals surface area contributed by atoms with E-state index in [0.717, 1.165) is 12.1 Å². The Morgan fingerprint density at radius 1 is 1.05 bits per heavy atom. The van der Waals surface area contributed by atoms with Crippen molar-refractivity contribution in [2.45, 2.75) is 10.6 Å². The number of benzene rings is 2. The average Bonchev–Trinajstić information content (AvgIpc) is 2.38. The molecule has 100 valence electrons. The summed E-state index contributed by atoms with van der Waals surface area (Å²) in [6, 6.07) is 7.35. The summed E-state index contributed by atoms with van der Waals surface area (Å²) in [5, 5.41) is 0. The van der Waals surface area contributed by atoms with E-state index < -0.39 is 28.3 Å². The Balaban J connectivity index is 2.26. The summed E-state index contributed by atoms with van der Waals surface area (Å²) >= 11 is 0. The number of hydrogen-bond acceptors (Lipinski definition) is 2. The van der Waals surface area contributed by atoms with E-state index in [-0.39, 0.29) is 21.9 Å². The number of nitrogen functional groups attached to an aromatic ring is 1. The number of rotatable bonds is 3. The van der Waals surface area contributed by atoms with Crippen LogP contribution in [0.2, 0.25) is 0 Å². The Bertz CT molecular complexity index is 646. The van der Waals surface area contributed by atoms with Crippen LogP contribution in [-0.2, 0) is 16.6 Å². The van der Waals surface area contributed by atoms with Gasteiger partial charge in [0, 0.05) is 10.5 Å². The number of halogens is 3. The SMILES string of the molecule is Nc1ccc(S(=O)Cc2cccc(F)c2F)cc1F. The third-order valence-corrected chi connectivity index (χ3v) is 3.91. The maximum Gasteiger partial charge on any atom is 0.162 e. The molecular weight excluding hydrogens is 275 g/mol. The predicted octanol–water partition coefficient (Wildman–Crippen LogP) is 2.99. The Labute approximate surface area is 110 Å². The highest BCUT2D eigenvalue weighted by atomic mass is 32.2. The summed E-state index contributed by atoms with van der Waals surface area (Å²) in [6.07, 6.45) is 0. The van der Waals surface area contributed by atoms with E-state index in [1.807, 2.05) is 0 Å². The minimum absolute atomic E-state index is 0.0180. The summed E-state index contributed by atoms with van der Waals surface area (Å²) < 4.78 is 51.6. The van der Waals surface area contributed by atoms with E-state index in [4.69, 9.17) is 5.73 Å². The number of anilines is 1. The van der Waals surface area contributed by atoms with E-state index in [0.29, 0.717) is 0 Å². The fourth-order valence-electron chi connectivity index (χ4n) is 1.53. The highest BCUT2D eigenvalue weighted by molar-refractivity contribution is 7.84. The molecule has 6 heteroatoms. The van der Waals surface area contributed by atoms with Crippen LogP contribution in [0.4, 0.5) is 18.9 Å². The maximum atomic E-state index is 13.4. The van der Waals surface area contributed by atoms with E-state index in [1.54, 1.807) is 0 Å². The van der Waals surface area contributed by atoms with Gasteiger partial charge < -0.3 is 5.73 Å². The molecule has 2 aromatic carbocycles. The zero-order chi connectivity index (χ0) is 14.0. The van der Waals surface area contributed by atoms with Crippen LogP contribution in [0.25, 0.3) is 0 Å². The van der Waals surface area contributed by atoms with Gasteiger partial charge in [-0.3, -0.25) is 4.21 Å². The largest absolute Gasteiger partial charge is 0.396 e. The molecule has 0 aromatic heterocycles. The second-order valence-electron chi connectivity index (χ2n) is 3.89. The van der Waals surface area contributed by atoms with Crippen molar-refractivity contribution in [3.05, 3.63) is 59.4 Å². The second kappa shape index (κ2) is 5.44. The van der Waals surface area contributed by atoms with Crippen LogP contribution in [0.1, 0.15) is 5.56 Å². The molecule has 1 unspecified atom stereocenters. The van der Waals surface area contributed by atoms with E-state index in [2.05, 4.69) is 0 Å². The van der Waals surface area contributed by atoms with Crippen molar-refractivity contribution in [2.24, 2.45) is 0 Å². The molecule has 0 bridgehead atoms. The molecule has 0 heterocycles. The van der Waals surface area contributed by atoms with E-state index in [9.17, 15) is 17.4 Å². The van der Waals surface area contributed by atoms with Gasteiger partial charge in [-0.25, -0.2) is 13.2 Å². The summed E-state index contributed by atoms with van der Waals surface area (Å²) in [5.41, 5.74) is 5.23. The maximum absolute atomic E-state index is 13.4.